The molecular formula is C27H27FN2O2. The Morgan fingerprint density at radius 3 is 2.28 bits per heavy atom. The Labute approximate surface area is 188 Å². The van der Waals surface area contributed by atoms with Crippen molar-refractivity contribution in [3.8, 4) is 0 Å². The van der Waals surface area contributed by atoms with E-state index in [9.17, 15) is 14.0 Å². The lowest BCUT2D eigenvalue weighted by Gasteiger charge is -2.31. The van der Waals surface area contributed by atoms with Gasteiger partial charge in [-0.1, -0.05) is 62.7 Å². The van der Waals surface area contributed by atoms with E-state index in [2.05, 4.69) is 26.1 Å². The summed E-state index contributed by atoms with van der Waals surface area (Å²) >= 11 is 0. The van der Waals surface area contributed by atoms with Crippen molar-refractivity contribution in [1.82, 2.24) is 4.90 Å². The molecule has 32 heavy (non-hydrogen) atoms. The second-order valence-electron chi connectivity index (χ2n) is 9.35. The Bertz CT molecular complexity index is 1160. The fraction of sp³-hybridized carbons (Fsp3) is 0.259. The van der Waals surface area contributed by atoms with Crippen LogP contribution in [0, 0.1) is 12.7 Å². The average molecular weight is 431 g/mol. The number of nitrogens with zero attached hydrogens (tertiary/aromatic N) is 1. The molecule has 3 aromatic carbocycles. The summed E-state index contributed by atoms with van der Waals surface area (Å²) in [5.41, 5.74) is 4.82. The van der Waals surface area contributed by atoms with E-state index in [0.717, 1.165) is 22.3 Å². The maximum absolute atomic E-state index is 13.7. The molecule has 4 nitrogen and oxygen atoms in total. The molecule has 0 aliphatic carbocycles. The molecule has 1 N–H and O–H groups in total. The number of halogens is 1. The van der Waals surface area contributed by atoms with Crippen LogP contribution in [0.5, 0.6) is 0 Å². The second-order valence-corrected chi connectivity index (χ2v) is 9.35. The van der Waals surface area contributed by atoms with Crippen LogP contribution in [-0.4, -0.2) is 23.3 Å². The van der Waals surface area contributed by atoms with E-state index in [4.69, 9.17) is 0 Å². The zero-order valence-electron chi connectivity index (χ0n) is 18.8. The fourth-order valence-corrected chi connectivity index (χ4v) is 4.10. The first-order valence-electron chi connectivity index (χ1n) is 10.7. The minimum Gasteiger partial charge on any atom is -0.324 e. The van der Waals surface area contributed by atoms with Crippen LogP contribution in [0.4, 0.5) is 10.1 Å². The molecule has 1 aliphatic rings. The Kier molecular flexibility index (Phi) is 5.59. The summed E-state index contributed by atoms with van der Waals surface area (Å²) in [6.45, 7) is 8.22. The van der Waals surface area contributed by atoms with Gasteiger partial charge in [-0.15, -0.1) is 0 Å². The van der Waals surface area contributed by atoms with Gasteiger partial charge in [0.15, 0.2) is 0 Å². The van der Waals surface area contributed by atoms with Gasteiger partial charge in [0.2, 0.25) is 5.91 Å². The molecule has 0 bridgehead atoms. The molecule has 1 heterocycles. The van der Waals surface area contributed by atoms with Crippen molar-refractivity contribution in [1.29, 1.82) is 0 Å². The number of hydrogen-bond acceptors (Lipinski definition) is 2. The van der Waals surface area contributed by atoms with Crippen molar-refractivity contribution in [2.45, 2.75) is 39.2 Å². The summed E-state index contributed by atoms with van der Waals surface area (Å²) in [4.78, 5) is 28.0. The summed E-state index contributed by atoms with van der Waals surface area (Å²) in [5, 5.41) is 2.92. The van der Waals surface area contributed by atoms with Crippen LogP contribution in [0.25, 0.3) is 0 Å². The standard InChI is InChI=1S/C27H27FN2O2/c1-17-5-14-23-22(15-17)25(18-8-12-21(28)13-9-18)30(16-24(31)29-23)26(32)19-6-10-20(11-7-19)27(2,3)4/h5-15,25H,16H2,1-4H3,(H,29,31)/t25-/m1/s1. The van der Waals surface area contributed by atoms with E-state index in [1.807, 2.05) is 49.4 Å². The molecule has 0 aromatic heterocycles. The number of hydrogen-bond donors (Lipinski definition) is 1. The normalized spacial score (nSPS) is 16.2. The number of fused-ring (bicyclic) bond motifs is 1. The van der Waals surface area contributed by atoms with Crippen LogP contribution < -0.4 is 5.32 Å². The predicted molar refractivity (Wildman–Crippen MR) is 124 cm³/mol. The highest BCUT2D eigenvalue weighted by atomic mass is 19.1. The quantitative estimate of drug-likeness (QED) is 0.574. The molecule has 0 spiro atoms. The van der Waals surface area contributed by atoms with Crippen molar-refractivity contribution in [2.24, 2.45) is 0 Å². The first-order chi connectivity index (χ1) is 15.1. The molecule has 0 unspecified atom stereocenters. The third-order valence-electron chi connectivity index (χ3n) is 5.85. The van der Waals surface area contributed by atoms with E-state index >= 15 is 0 Å². The lowest BCUT2D eigenvalue weighted by Crippen LogP contribution is -2.39. The number of carbonyl (C=O) groups is 2. The largest absolute Gasteiger partial charge is 0.324 e. The molecular weight excluding hydrogens is 403 g/mol. The van der Waals surface area contributed by atoms with Crippen LogP contribution in [-0.2, 0) is 10.2 Å². The molecule has 5 heteroatoms. The average Bonchev–Trinajstić information content (AvgIpc) is 2.89. The maximum atomic E-state index is 13.7. The van der Waals surface area contributed by atoms with Gasteiger partial charge in [-0.3, -0.25) is 9.59 Å². The van der Waals surface area contributed by atoms with Crippen LogP contribution in [0.1, 0.15) is 59.4 Å². The highest BCUT2D eigenvalue weighted by Crippen LogP contribution is 2.37. The van der Waals surface area contributed by atoms with Gasteiger partial charge in [0.1, 0.15) is 12.4 Å². The van der Waals surface area contributed by atoms with Gasteiger partial charge in [0, 0.05) is 16.8 Å². The van der Waals surface area contributed by atoms with Crippen molar-refractivity contribution in [3.05, 3.63) is 100 Å². The molecule has 0 saturated heterocycles. The highest BCUT2D eigenvalue weighted by Gasteiger charge is 2.34. The van der Waals surface area contributed by atoms with E-state index in [1.165, 1.54) is 12.1 Å². The Hall–Kier alpha value is -3.47. The first-order valence-corrected chi connectivity index (χ1v) is 10.7. The number of anilines is 1. The number of benzene rings is 3. The summed E-state index contributed by atoms with van der Waals surface area (Å²) < 4.78 is 13.7. The molecule has 164 valence electrons. The zero-order chi connectivity index (χ0) is 23.0. The first kappa shape index (κ1) is 21.8. The van der Waals surface area contributed by atoms with Crippen LogP contribution in [0.3, 0.4) is 0 Å². The van der Waals surface area contributed by atoms with Crippen molar-refractivity contribution in [3.63, 3.8) is 0 Å². The molecule has 1 atom stereocenters. The summed E-state index contributed by atoms with van der Waals surface area (Å²) in [6.07, 6.45) is 0. The van der Waals surface area contributed by atoms with Gasteiger partial charge in [-0.05, 0) is 53.8 Å². The zero-order valence-corrected chi connectivity index (χ0v) is 18.8. The molecule has 3 aromatic rings. The van der Waals surface area contributed by atoms with Crippen molar-refractivity contribution >= 4 is 17.5 Å². The smallest absolute Gasteiger partial charge is 0.255 e. The number of carbonyl (C=O) groups excluding carboxylic acids is 2. The number of amides is 2. The number of aryl methyl sites for hydroxylation is 1. The van der Waals surface area contributed by atoms with Gasteiger partial charge in [-0.25, -0.2) is 4.39 Å². The Morgan fingerprint density at radius 2 is 1.66 bits per heavy atom. The highest BCUT2D eigenvalue weighted by molar-refractivity contribution is 6.01. The molecule has 2 amide bonds. The SMILES string of the molecule is Cc1ccc2c(c1)[C@@H](c1ccc(F)cc1)N(C(=O)c1ccc(C(C)(C)C)cc1)CC(=O)N2. The van der Waals surface area contributed by atoms with Crippen molar-refractivity contribution < 1.29 is 14.0 Å². The van der Waals surface area contributed by atoms with E-state index in [0.29, 0.717) is 11.3 Å². The second kappa shape index (κ2) is 8.23. The molecule has 1 aliphatic heterocycles. The van der Waals surface area contributed by atoms with Crippen LogP contribution in [0.2, 0.25) is 0 Å². The minimum absolute atomic E-state index is 0.0306. The van der Waals surface area contributed by atoms with E-state index < -0.39 is 6.04 Å². The van der Waals surface area contributed by atoms with Gasteiger partial charge >= 0.3 is 0 Å². The maximum Gasteiger partial charge on any atom is 0.255 e. The third kappa shape index (κ3) is 4.28. The third-order valence-corrected chi connectivity index (χ3v) is 5.85. The molecule has 0 saturated carbocycles. The minimum atomic E-state index is -0.528. The van der Waals surface area contributed by atoms with Crippen LogP contribution in [0.15, 0.2) is 66.7 Å². The van der Waals surface area contributed by atoms with Gasteiger partial charge < -0.3 is 10.2 Å². The Morgan fingerprint density at radius 1 is 1.00 bits per heavy atom. The summed E-state index contributed by atoms with van der Waals surface area (Å²) in [5.74, 6) is -0.861. The molecule has 0 radical (unpaired) electrons. The molecule has 4 rings (SSSR count). The lowest BCUT2D eigenvalue weighted by atomic mass is 9.86. The van der Waals surface area contributed by atoms with Gasteiger partial charge in [0.05, 0.1) is 6.04 Å². The number of nitrogens with one attached hydrogen (secondary N) is 1. The van der Waals surface area contributed by atoms with Crippen molar-refractivity contribution in [2.75, 3.05) is 11.9 Å². The van der Waals surface area contributed by atoms with E-state index in [1.54, 1.807) is 17.0 Å². The monoisotopic (exact) mass is 430 g/mol. The Balaban J connectivity index is 1.83. The summed E-state index contributed by atoms with van der Waals surface area (Å²) in [7, 11) is 0. The van der Waals surface area contributed by atoms with Gasteiger partial charge in [0.25, 0.3) is 5.91 Å². The topological polar surface area (TPSA) is 49.4 Å². The van der Waals surface area contributed by atoms with E-state index in [-0.39, 0.29) is 29.6 Å². The van der Waals surface area contributed by atoms with Gasteiger partial charge in [-0.2, -0.15) is 0 Å². The summed E-state index contributed by atoms with van der Waals surface area (Å²) in [6, 6.07) is 18.8. The van der Waals surface area contributed by atoms with Crippen LogP contribution >= 0.6 is 0 Å². The lowest BCUT2D eigenvalue weighted by molar-refractivity contribution is -0.117. The molecule has 0 fully saturated rings. The number of rotatable bonds is 2. The fourth-order valence-electron chi connectivity index (χ4n) is 4.10. The predicted octanol–water partition coefficient (Wildman–Crippen LogP) is 5.62.